The van der Waals surface area contributed by atoms with Gasteiger partial charge in [0.15, 0.2) is 0 Å². The molecular weight excluding hydrogens is 278 g/mol. The minimum absolute atomic E-state index is 0.0294. The first kappa shape index (κ1) is 14.8. The van der Waals surface area contributed by atoms with E-state index in [9.17, 15) is 19.7 Å². The maximum absolute atomic E-state index is 11.9. The predicted molar refractivity (Wildman–Crippen MR) is 72.9 cm³/mol. The highest BCUT2D eigenvalue weighted by atomic mass is 16.6. The lowest BCUT2D eigenvalue weighted by atomic mass is 10.1. The lowest BCUT2D eigenvalue weighted by Crippen LogP contribution is -2.41. The first-order valence-electron chi connectivity index (χ1n) is 6.49. The Kier molecular flexibility index (Phi) is 4.36. The number of nitro benzene ring substituents is 1. The topological polar surface area (TPSA) is 113 Å². The first-order valence-corrected chi connectivity index (χ1v) is 6.49. The van der Waals surface area contributed by atoms with E-state index in [-0.39, 0.29) is 11.6 Å². The van der Waals surface area contributed by atoms with Gasteiger partial charge >= 0.3 is 6.09 Å². The van der Waals surface area contributed by atoms with E-state index in [2.05, 4.69) is 5.32 Å². The minimum atomic E-state index is -1.20. The number of nitro groups is 1. The lowest BCUT2D eigenvalue weighted by molar-refractivity contribution is -0.384. The van der Waals surface area contributed by atoms with E-state index in [1.165, 1.54) is 12.1 Å². The molecule has 1 heterocycles. The summed E-state index contributed by atoms with van der Waals surface area (Å²) in [6, 6.07) is 5.50. The van der Waals surface area contributed by atoms with Gasteiger partial charge in [0.05, 0.1) is 4.92 Å². The molecule has 2 N–H and O–H groups in total. The number of hydrogen-bond donors (Lipinski definition) is 2. The fraction of sp³-hybridized carbons (Fsp3) is 0.385. The van der Waals surface area contributed by atoms with Crippen LogP contribution in [0.2, 0.25) is 0 Å². The number of nitrogens with zero attached hydrogens (tertiary/aromatic N) is 2. The molecule has 1 fully saturated rings. The van der Waals surface area contributed by atoms with E-state index in [0.717, 1.165) is 5.56 Å². The number of non-ortho nitro benzene ring substituents is 1. The normalized spacial score (nSPS) is 17.8. The van der Waals surface area contributed by atoms with Crippen molar-refractivity contribution in [2.24, 2.45) is 0 Å². The SMILES string of the molecule is O=C(O)N[C@H]1CCN(CCc2ccc([N+](=O)[O-])cc2)C1=O. The van der Waals surface area contributed by atoms with Crippen LogP contribution in [-0.2, 0) is 11.2 Å². The van der Waals surface area contributed by atoms with Gasteiger partial charge in [-0.05, 0) is 18.4 Å². The van der Waals surface area contributed by atoms with Gasteiger partial charge in [0.1, 0.15) is 6.04 Å². The molecule has 0 aromatic heterocycles. The summed E-state index contributed by atoms with van der Waals surface area (Å²) in [5, 5.41) is 21.4. The summed E-state index contributed by atoms with van der Waals surface area (Å²) in [5.41, 5.74) is 0.921. The van der Waals surface area contributed by atoms with Crippen LogP contribution in [0.15, 0.2) is 24.3 Å². The Hall–Kier alpha value is -2.64. The molecule has 1 atom stereocenters. The summed E-state index contributed by atoms with van der Waals surface area (Å²) in [6.07, 6.45) is -0.167. The third kappa shape index (κ3) is 3.68. The number of likely N-dealkylation sites (tertiary alicyclic amines) is 1. The summed E-state index contributed by atoms with van der Waals surface area (Å²) >= 11 is 0. The lowest BCUT2D eigenvalue weighted by Gasteiger charge is -2.16. The summed E-state index contributed by atoms with van der Waals surface area (Å²) in [6.45, 7) is 0.977. The molecule has 21 heavy (non-hydrogen) atoms. The van der Waals surface area contributed by atoms with Crippen LogP contribution in [0.4, 0.5) is 10.5 Å². The minimum Gasteiger partial charge on any atom is -0.465 e. The molecule has 0 unspecified atom stereocenters. The van der Waals surface area contributed by atoms with Crippen LogP contribution in [0, 0.1) is 10.1 Å². The van der Waals surface area contributed by atoms with Crippen LogP contribution >= 0.6 is 0 Å². The zero-order valence-corrected chi connectivity index (χ0v) is 11.2. The maximum Gasteiger partial charge on any atom is 0.405 e. The molecule has 2 rings (SSSR count). The first-order chi connectivity index (χ1) is 9.97. The monoisotopic (exact) mass is 293 g/mol. The van der Waals surface area contributed by atoms with Crippen molar-refractivity contribution in [1.82, 2.24) is 10.2 Å². The van der Waals surface area contributed by atoms with Gasteiger partial charge in [-0.3, -0.25) is 14.9 Å². The maximum atomic E-state index is 11.9. The largest absolute Gasteiger partial charge is 0.465 e. The number of carbonyl (C=O) groups excluding carboxylic acids is 1. The molecule has 1 aromatic carbocycles. The highest BCUT2D eigenvalue weighted by Crippen LogP contribution is 2.15. The molecule has 8 heteroatoms. The van der Waals surface area contributed by atoms with E-state index in [4.69, 9.17) is 5.11 Å². The van der Waals surface area contributed by atoms with Crippen LogP contribution in [0.1, 0.15) is 12.0 Å². The van der Waals surface area contributed by atoms with Crippen molar-refractivity contribution in [3.05, 3.63) is 39.9 Å². The Bertz CT molecular complexity index is 557. The van der Waals surface area contributed by atoms with E-state index in [0.29, 0.717) is 25.9 Å². The summed E-state index contributed by atoms with van der Waals surface area (Å²) in [7, 11) is 0. The third-order valence-corrected chi connectivity index (χ3v) is 3.41. The van der Waals surface area contributed by atoms with Crippen molar-refractivity contribution >= 4 is 17.7 Å². The predicted octanol–water partition coefficient (Wildman–Crippen LogP) is 1.01. The number of rotatable bonds is 5. The van der Waals surface area contributed by atoms with Crippen molar-refractivity contribution in [1.29, 1.82) is 0 Å². The van der Waals surface area contributed by atoms with Crippen LogP contribution < -0.4 is 5.32 Å². The Morgan fingerprint density at radius 3 is 2.67 bits per heavy atom. The molecule has 1 aliphatic heterocycles. The summed E-state index contributed by atoms with van der Waals surface area (Å²) in [5.74, 6) is -0.223. The van der Waals surface area contributed by atoms with Crippen molar-refractivity contribution < 1.29 is 19.6 Å². The summed E-state index contributed by atoms with van der Waals surface area (Å²) < 4.78 is 0. The number of amides is 2. The number of nitrogens with one attached hydrogen (secondary N) is 1. The third-order valence-electron chi connectivity index (χ3n) is 3.41. The molecule has 0 aliphatic carbocycles. The Morgan fingerprint density at radius 1 is 1.43 bits per heavy atom. The molecule has 1 aromatic rings. The van der Waals surface area contributed by atoms with E-state index < -0.39 is 17.1 Å². The number of hydrogen-bond acceptors (Lipinski definition) is 4. The molecule has 0 bridgehead atoms. The summed E-state index contributed by atoms with van der Waals surface area (Å²) in [4.78, 5) is 34.1. The average molecular weight is 293 g/mol. The average Bonchev–Trinajstić information content (AvgIpc) is 2.77. The molecule has 1 aliphatic rings. The van der Waals surface area contributed by atoms with Crippen LogP contribution in [0.3, 0.4) is 0 Å². The van der Waals surface area contributed by atoms with Crippen LogP contribution in [-0.4, -0.2) is 46.1 Å². The molecule has 0 radical (unpaired) electrons. The van der Waals surface area contributed by atoms with Crippen molar-refractivity contribution in [3.63, 3.8) is 0 Å². The van der Waals surface area contributed by atoms with Gasteiger partial charge in [-0.1, -0.05) is 12.1 Å². The Balaban J connectivity index is 1.87. The fourth-order valence-electron chi connectivity index (χ4n) is 2.29. The van der Waals surface area contributed by atoms with Gasteiger partial charge in [0, 0.05) is 25.2 Å². The molecular formula is C13H15N3O5. The second kappa shape index (κ2) is 6.21. The highest BCUT2D eigenvalue weighted by Gasteiger charge is 2.32. The van der Waals surface area contributed by atoms with Gasteiger partial charge in [0.2, 0.25) is 5.91 Å². The quantitative estimate of drug-likeness (QED) is 0.621. The molecule has 0 saturated carbocycles. The van der Waals surface area contributed by atoms with Crippen LogP contribution in [0.25, 0.3) is 0 Å². The number of carbonyl (C=O) groups is 2. The Labute approximate surface area is 120 Å². The van der Waals surface area contributed by atoms with Crippen molar-refractivity contribution in [2.45, 2.75) is 18.9 Å². The van der Waals surface area contributed by atoms with Gasteiger partial charge in [-0.25, -0.2) is 4.79 Å². The van der Waals surface area contributed by atoms with Gasteiger partial charge in [-0.15, -0.1) is 0 Å². The number of benzene rings is 1. The molecule has 1 saturated heterocycles. The zero-order valence-electron chi connectivity index (χ0n) is 11.2. The zero-order chi connectivity index (χ0) is 15.4. The van der Waals surface area contributed by atoms with Crippen molar-refractivity contribution in [2.75, 3.05) is 13.1 Å². The number of carboxylic acid groups (broad SMARTS) is 1. The fourth-order valence-corrected chi connectivity index (χ4v) is 2.29. The molecule has 8 nitrogen and oxygen atoms in total. The Morgan fingerprint density at radius 2 is 2.10 bits per heavy atom. The second-order valence-electron chi connectivity index (χ2n) is 4.79. The van der Waals surface area contributed by atoms with Gasteiger partial charge in [0.25, 0.3) is 5.69 Å². The second-order valence-corrected chi connectivity index (χ2v) is 4.79. The smallest absolute Gasteiger partial charge is 0.405 e. The standard InChI is InChI=1S/C13H15N3O5/c17-12-11(14-13(18)19)6-8-15(12)7-5-9-1-3-10(4-2-9)16(20)21/h1-4,11,14H,5-8H2,(H,18,19)/t11-/m0/s1. The van der Waals surface area contributed by atoms with E-state index >= 15 is 0 Å². The van der Waals surface area contributed by atoms with Crippen molar-refractivity contribution in [3.8, 4) is 0 Å². The highest BCUT2D eigenvalue weighted by molar-refractivity contribution is 5.87. The van der Waals surface area contributed by atoms with Gasteiger partial charge < -0.3 is 15.3 Å². The van der Waals surface area contributed by atoms with E-state index in [1.807, 2.05) is 0 Å². The molecule has 0 spiro atoms. The van der Waals surface area contributed by atoms with E-state index in [1.54, 1.807) is 17.0 Å². The molecule has 2 amide bonds. The molecule has 112 valence electrons. The van der Waals surface area contributed by atoms with Crippen LogP contribution in [0.5, 0.6) is 0 Å². The van der Waals surface area contributed by atoms with Gasteiger partial charge in [-0.2, -0.15) is 0 Å².